The third-order valence-corrected chi connectivity index (χ3v) is 7.76. The van der Waals surface area contributed by atoms with Gasteiger partial charge in [-0.05, 0) is 60.6 Å². The maximum atomic E-state index is 13.3. The van der Waals surface area contributed by atoms with Crippen LogP contribution in [0.1, 0.15) is 37.8 Å². The number of amides is 1. The lowest BCUT2D eigenvalue weighted by molar-refractivity contribution is -0.119. The number of carbonyl (C=O) groups is 1. The summed E-state index contributed by atoms with van der Waals surface area (Å²) in [6.45, 7) is 3.87. The minimum absolute atomic E-state index is 0.148. The molecule has 2 fully saturated rings. The third-order valence-electron chi connectivity index (χ3n) is 6.97. The smallest absolute Gasteiger partial charge is 0.282 e. The molecule has 0 spiro atoms. The van der Waals surface area contributed by atoms with Crippen LogP contribution < -0.4 is 10.4 Å². The van der Waals surface area contributed by atoms with Gasteiger partial charge in [0, 0.05) is 29.1 Å². The standard InChI is InChI=1S/C24H25Cl3N4O/c1-14-22(24(32)29-30-12-16-3-2-4-17(16)13-30)28-31(21-10-9-19(26)11-20(21)27)23(14)15-5-7-18(25)8-6-15/h5-11,14,16-17,23H,2-4,12-13H2,1H3,(H,29,32)/t14-,16-,17?,23+/m0/s1. The second-order valence-electron chi connectivity index (χ2n) is 9.01. The highest BCUT2D eigenvalue weighted by atomic mass is 35.5. The Morgan fingerprint density at radius 1 is 1.00 bits per heavy atom. The van der Waals surface area contributed by atoms with Gasteiger partial charge in [0.15, 0.2) is 0 Å². The molecule has 8 heteroatoms. The van der Waals surface area contributed by atoms with Gasteiger partial charge in [-0.25, -0.2) is 5.01 Å². The van der Waals surface area contributed by atoms with Crippen molar-refractivity contribution in [2.45, 2.75) is 32.2 Å². The topological polar surface area (TPSA) is 47.9 Å². The molecule has 0 bridgehead atoms. The first kappa shape index (κ1) is 22.0. The number of anilines is 1. The van der Waals surface area contributed by atoms with Crippen LogP contribution in [0.4, 0.5) is 5.69 Å². The zero-order chi connectivity index (χ0) is 22.4. The van der Waals surface area contributed by atoms with Crippen molar-refractivity contribution in [2.75, 3.05) is 18.1 Å². The van der Waals surface area contributed by atoms with Gasteiger partial charge in [0.2, 0.25) is 0 Å². The number of hydrogen-bond donors (Lipinski definition) is 1. The van der Waals surface area contributed by atoms with Gasteiger partial charge < -0.3 is 0 Å². The largest absolute Gasteiger partial charge is 0.284 e. The number of benzene rings is 2. The molecule has 1 aliphatic carbocycles. The zero-order valence-electron chi connectivity index (χ0n) is 17.8. The number of nitrogens with one attached hydrogen (secondary N) is 1. The normalized spacial score (nSPS) is 27.5. The van der Waals surface area contributed by atoms with E-state index in [-0.39, 0.29) is 17.9 Å². The molecule has 1 N–H and O–H groups in total. The number of hydrazine groups is 1. The molecule has 168 valence electrons. The lowest BCUT2D eigenvalue weighted by Gasteiger charge is -2.27. The third kappa shape index (κ3) is 4.12. The number of fused-ring (bicyclic) bond motifs is 1. The second kappa shape index (κ2) is 8.86. The SMILES string of the molecule is C[C@H]1C(C(=O)NN2CC3CCC[C@H]3C2)=NN(c2ccc(Cl)cc2Cl)[C@H]1c1ccc(Cl)cc1. The Kier molecular flexibility index (Phi) is 6.10. The number of halogens is 3. The zero-order valence-corrected chi connectivity index (χ0v) is 20.0. The second-order valence-corrected chi connectivity index (χ2v) is 10.3. The summed E-state index contributed by atoms with van der Waals surface area (Å²) in [5.74, 6) is 1.10. The molecule has 2 aromatic rings. The van der Waals surface area contributed by atoms with Crippen LogP contribution >= 0.6 is 34.8 Å². The van der Waals surface area contributed by atoms with E-state index in [4.69, 9.17) is 39.9 Å². The predicted octanol–water partition coefficient (Wildman–Crippen LogP) is 5.96. The van der Waals surface area contributed by atoms with E-state index in [1.165, 1.54) is 19.3 Å². The molecule has 2 aliphatic heterocycles. The van der Waals surface area contributed by atoms with E-state index in [1.807, 2.05) is 42.3 Å². The molecule has 2 heterocycles. The van der Waals surface area contributed by atoms with Crippen LogP contribution in [0.15, 0.2) is 47.6 Å². The van der Waals surface area contributed by atoms with E-state index in [1.54, 1.807) is 12.1 Å². The maximum absolute atomic E-state index is 13.3. The molecule has 5 rings (SSSR count). The molecule has 4 atom stereocenters. The van der Waals surface area contributed by atoms with Gasteiger partial charge in [-0.1, -0.05) is 60.3 Å². The fourth-order valence-corrected chi connectivity index (χ4v) is 5.99. The van der Waals surface area contributed by atoms with Crippen molar-refractivity contribution in [3.8, 4) is 0 Å². The molecule has 1 unspecified atom stereocenters. The highest BCUT2D eigenvalue weighted by molar-refractivity contribution is 6.41. The van der Waals surface area contributed by atoms with Gasteiger partial charge >= 0.3 is 0 Å². The van der Waals surface area contributed by atoms with E-state index in [9.17, 15) is 4.79 Å². The molecule has 0 aromatic heterocycles. The van der Waals surface area contributed by atoms with Gasteiger partial charge in [-0.15, -0.1) is 0 Å². The average molecular weight is 492 g/mol. The van der Waals surface area contributed by atoms with Crippen LogP contribution in [-0.4, -0.2) is 29.7 Å². The summed E-state index contributed by atoms with van der Waals surface area (Å²) in [7, 11) is 0. The molecular weight excluding hydrogens is 467 g/mol. The Labute approximate surface area is 203 Å². The molecule has 3 aliphatic rings. The summed E-state index contributed by atoms with van der Waals surface area (Å²) in [6.07, 6.45) is 3.83. The first-order chi connectivity index (χ1) is 15.4. The fraction of sp³-hybridized carbons (Fsp3) is 0.417. The Hall–Kier alpha value is -1.79. The minimum Gasteiger partial charge on any atom is -0.284 e. The quantitative estimate of drug-likeness (QED) is 0.574. The van der Waals surface area contributed by atoms with Crippen molar-refractivity contribution in [3.63, 3.8) is 0 Å². The Morgan fingerprint density at radius 3 is 2.31 bits per heavy atom. The summed E-state index contributed by atoms with van der Waals surface area (Å²) in [6, 6.07) is 12.8. The highest BCUT2D eigenvalue weighted by Crippen LogP contribution is 2.43. The van der Waals surface area contributed by atoms with Crippen molar-refractivity contribution in [2.24, 2.45) is 22.9 Å². The maximum Gasteiger partial charge on any atom is 0.282 e. The first-order valence-corrected chi connectivity index (χ1v) is 12.2. The number of hydrogen-bond acceptors (Lipinski definition) is 4. The lowest BCUT2D eigenvalue weighted by atomic mass is 9.91. The molecule has 0 radical (unpaired) electrons. The molecule has 5 nitrogen and oxygen atoms in total. The van der Waals surface area contributed by atoms with E-state index in [0.29, 0.717) is 38.3 Å². The van der Waals surface area contributed by atoms with E-state index >= 15 is 0 Å². The molecular formula is C24H25Cl3N4O. The number of rotatable bonds is 4. The van der Waals surface area contributed by atoms with Crippen molar-refractivity contribution < 1.29 is 4.79 Å². The molecule has 1 amide bonds. The minimum atomic E-state index is -0.190. The van der Waals surface area contributed by atoms with Crippen molar-refractivity contribution >= 4 is 52.1 Å². The summed E-state index contributed by atoms with van der Waals surface area (Å²) < 4.78 is 0. The summed E-state index contributed by atoms with van der Waals surface area (Å²) >= 11 is 18.8. The van der Waals surface area contributed by atoms with Gasteiger partial charge in [0.1, 0.15) is 5.71 Å². The van der Waals surface area contributed by atoms with Crippen LogP contribution in [0.2, 0.25) is 15.1 Å². The van der Waals surface area contributed by atoms with Crippen LogP contribution in [0.3, 0.4) is 0 Å². The number of carbonyl (C=O) groups excluding carboxylic acids is 1. The molecule has 1 saturated heterocycles. The van der Waals surface area contributed by atoms with Gasteiger partial charge in [-0.2, -0.15) is 5.10 Å². The Balaban J connectivity index is 1.44. The average Bonchev–Trinajstić information content (AvgIpc) is 3.42. The summed E-state index contributed by atoms with van der Waals surface area (Å²) in [4.78, 5) is 13.3. The number of nitrogens with zero attached hydrogens (tertiary/aromatic N) is 3. The fourth-order valence-electron chi connectivity index (χ4n) is 5.37. The van der Waals surface area contributed by atoms with Crippen LogP contribution in [0.25, 0.3) is 0 Å². The first-order valence-electron chi connectivity index (χ1n) is 11.0. The van der Waals surface area contributed by atoms with Crippen LogP contribution in [-0.2, 0) is 4.79 Å². The summed E-state index contributed by atoms with van der Waals surface area (Å²) in [5, 5.41) is 10.4. The van der Waals surface area contributed by atoms with Gasteiger partial charge in [0.05, 0.1) is 16.8 Å². The molecule has 2 aromatic carbocycles. The Morgan fingerprint density at radius 2 is 1.66 bits per heavy atom. The number of hydrazone groups is 1. The van der Waals surface area contributed by atoms with E-state index in [0.717, 1.165) is 18.7 Å². The Bertz CT molecular complexity index is 1050. The van der Waals surface area contributed by atoms with Crippen molar-refractivity contribution in [1.82, 2.24) is 10.4 Å². The van der Waals surface area contributed by atoms with E-state index < -0.39 is 0 Å². The van der Waals surface area contributed by atoms with Crippen molar-refractivity contribution in [3.05, 3.63) is 63.1 Å². The van der Waals surface area contributed by atoms with Gasteiger partial charge in [-0.3, -0.25) is 15.2 Å². The van der Waals surface area contributed by atoms with Crippen LogP contribution in [0, 0.1) is 17.8 Å². The highest BCUT2D eigenvalue weighted by Gasteiger charge is 2.42. The predicted molar refractivity (Wildman–Crippen MR) is 130 cm³/mol. The molecule has 32 heavy (non-hydrogen) atoms. The monoisotopic (exact) mass is 490 g/mol. The summed E-state index contributed by atoms with van der Waals surface area (Å²) in [5.41, 5.74) is 5.33. The van der Waals surface area contributed by atoms with Crippen molar-refractivity contribution in [1.29, 1.82) is 0 Å². The van der Waals surface area contributed by atoms with Gasteiger partial charge in [0.25, 0.3) is 5.91 Å². The van der Waals surface area contributed by atoms with Crippen LogP contribution in [0.5, 0.6) is 0 Å². The lowest BCUT2D eigenvalue weighted by Crippen LogP contribution is -2.45. The molecule has 1 saturated carbocycles. The van der Waals surface area contributed by atoms with E-state index in [2.05, 4.69) is 10.4 Å².